The SMILES string of the molecule is Cc1ccn2nc(C(=O)N3CCC[C@@]4(CCNC4)C3)cc2c1. The highest BCUT2D eigenvalue weighted by molar-refractivity contribution is 5.93. The number of nitrogens with one attached hydrogen (secondary N) is 1. The van der Waals surface area contributed by atoms with Crippen LogP contribution >= 0.6 is 0 Å². The van der Waals surface area contributed by atoms with E-state index in [0.29, 0.717) is 11.1 Å². The van der Waals surface area contributed by atoms with E-state index in [4.69, 9.17) is 0 Å². The molecule has 116 valence electrons. The summed E-state index contributed by atoms with van der Waals surface area (Å²) in [6.07, 6.45) is 5.43. The number of fused-ring (bicyclic) bond motifs is 1. The number of aryl methyl sites for hydroxylation is 1. The number of pyridine rings is 1. The van der Waals surface area contributed by atoms with Gasteiger partial charge < -0.3 is 10.2 Å². The van der Waals surface area contributed by atoms with Crippen molar-refractivity contribution in [1.29, 1.82) is 0 Å². The average molecular weight is 298 g/mol. The maximum absolute atomic E-state index is 12.8. The zero-order valence-corrected chi connectivity index (χ0v) is 13.0. The van der Waals surface area contributed by atoms with Gasteiger partial charge in [-0.15, -0.1) is 0 Å². The van der Waals surface area contributed by atoms with Crippen LogP contribution in [0.15, 0.2) is 24.4 Å². The summed E-state index contributed by atoms with van der Waals surface area (Å²) < 4.78 is 1.79. The van der Waals surface area contributed by atoms with Crippen LogP contribution in [0.2, 0.25) is 0 Å². The van der Waals surface area contributed by atoms with Gasteiger partial charge in [-0.2, -0.15) is 5.10 Å². The zero-order chi connectivity index (χ0) is 15.2. The number of carbonyl (C=O) groups is 1. The normalized spacial score (nSPS) is 25.2. The molecule has 2 aromatic heterocycles. The molecule has 0 saturated carbocycles. The van der Waals surface area contributed by atoms with E-state index >= 15 is 0 Å². The number of aromatic nitrogens is 2. The molecule has 1 spiro atoms. The smallest absolute Gasteiger partial charge is 0.274 e. The van der Waals surface area contributed by atoms with Gasteiger partial charge in [-0.25, -0.2) is 4.52 Å². The zero-order valence-electron chi connectivity index (χ0n) is 13.0. The lowest BCUT2D eigenvalue weighted by Crippen LogP contribution is -2.47. The Labute approximate surface area is 130 Å². The summed E-state index contributed by atoms with van der Waals surface area (Å²) in [4.78, 5) is 14.8. The van der Waals surface area contributed by atoms with E-state index in [1.54, 1.807) is 4.52 Å². The fourth-order valence-corrected chi connectivity index (χ4v) is 3.90. The molecule has 1 amide bonds. The standard InChI is InChI=1S/C17H22N4O/c1-13-3-8-21-14(9-13)10-15(19-21)16(22)20-7-2-4-17(12-20)5-6-18-11-17/h3,8-10,18H,2,4-7,11-12H2,1H3/t17-/m0/s1. The molecule has 0 aliphatic carbocycles. The second kappa shape index (κ2) is 5.09. The van der Waals surface area contributed by atoms with E-state index in [2.05, 4.69) is 23.4 Å². The predicted molar refractivity (Wildman–Crippen MR) is 85.0 cm³/mol. The van der Waals surface area contributed by atoms with Crippen molar-refractivity contribution in [2.45, 2.75) is 26.2 Å². The highest BCUT2D eigenvalue weighted by atomic mass is 16.2. The number of amides is 1. The van der Waals surface area contributed by atoms with Gasteiger partial charge in [0, 0.05) is 31.2 Å². The van der Waals surface area contributed by atoms with Crippen LogP contribution in [0.1, 0.15) is 35.3 Å². The van der Waals surface area contributed by atoms with Gasteiger partial charge in [-0.3, -0.25) is 4.79 Å². The van der Waals surface area contributed by atoms with Gasteiger partial charge in [0.05, 0.1) is 5.52 Å². The summed E-state index contributed by atoms with van der Waals surface area (Å²) in [7, 11) is 0. The van der Waals surface area contributed by atoms with Crippen LogP contribution < -0.4 is 5.32 Å². The Bertz CT molecular complexity index is 715. The molecule has 2 fully saturated rings. The predicted octanol–water partition coefficient (Wildman–Crippen LogP) is 1.86. The van der Waals surface area contributed by atoms with Gasteiger partial charge in [0.15, 0.2) is 5.69 Å². The first-order valence-corrected chi connectivity index (χ1v) is 8.11. The van der Waals surface area contributed by atoms with Gasteiger partial charge >= 0.3 is 0 Å². The van der Waals surface area contributed by atoms with Crippen LogP contribution in [0, 0.1) is 12.3 Å². The Kier molecular flexibility index (Phi) is 3.18. The van der Waals surface area contributed by atoms with Crippen molar-refractivity contribution in [2.24, 2.45) is 5.41 Å². The molecule has 2 aliphatic rings. The lowest BCUT2D eigenvalue weighted by atomic mass is 9.79. The molecule has 5 heteroatoms. The number of hydrogen-bond donors (Lipinski definition) is 1. The minimum absolute atomic E-state index is 0.0762. The summed E-state index contributed by atoms with van der Waals surface area (Å²) in [6.45, 7) is 5.89. The quantitative estimate of drug-likeness (QED) is 0.874. The molecule has 2 saturated heterocycles. The van der Waals surface area contributed by atoms with Crippen molar-refractivity contribution < 1.29 is 4.79 Å². The number of carbonyl (C=O) groups excluding carboxylic acids is 1. The minimum atomic E-state index is 0.0762. The minimum Gasteiger partial charge on any atom is -0.337 e. The summed E-state index contributed by atoms with van der Waals surface area (Å²) in [5.74, 6) is 0.0762. The van der Waals surface area contributed by atoms with Crippen LogP contribution in [-0.2, 0) is 0 Å². The van der Waals surface area contributed by atoms with E-state index in [9.17, 15) is 4.79 Å². The molecule has 0 bridgehead atoms. The first-order chi connectivity index (χ1) is 10.7. The molecule has 1 N–H and O–H groups in total. The van der Waals surface area contributed by atoms with E-state index in [1.807, 2.05) is 23.2 Å². The first-order valence-electron chi connectivity index (χ1n) is 8.11. The van der Waals surface area contributed by atoms with Crippen LogP contribution in [0.4, 0.5) is 0 Å². The van der Waals surface area contributed by atoms with Gasteiger partial charge in [0.2, 0.25) is 0 Å². The number of hydrogen-bond acceptors (Lipinski definition) is 3. The van der Waals surface area contributed by atoms with E-state index in [1.165, 1.54) is 18.4 Å². The van der Waals surface area contributed by atoms with Crippen LogP contribution in [-0.4, -0.2) is 46.6 Å². The Balaban J connectivity index is 1.59. The summed E-state index contributed by atoms with van der Waals surface area (Å²) in [5.41, 5.74) is 3.02. The molecular formula is C17H22N4O. The maximum atomic E-state index is 12.8. The third-order valence-electron chi connectivity index (χ3n) is 5.12. The van der Waals surface area contributed by atoms with E-state index in [-0.39, 0.29) is 5.91 Å². The average Bonchev–Trinajstić information content (AvgIpc) is 3.13. The summed E-state index contributed by atoms with van der Waals surface area (Å²) >= 11 is 0. The van der Waals surface area contributed by atoms with Crippen LogP contribution in [0.5, 0.6) is 0 Å². The number of rotatable bonds is 1. The molecule has 2 aliphatic heterocycles. The topological polar surface area (TPSA) is 49.6 Å². The second-order valence-electron chi connectivity index (χ2n) is 6.86. The molecule has 2 aromatic rings. The molecule has 22 heavy (non-hydrogen) atoms. The van der Waals surface area contributed by atoms with Gasteiger partial charge in [0.25, 0.3) is 5.91 Å². The van der Waals surface area contributed by atoms with E-state index < -0.39 is 0 Å². The van der Waals surface area contributed by atoms with E-state index in [0.717, 1.165) is 38.1 Å². The Morgan fingerprint density at radius 2 is 2.27 bits per heavy atom. The van der Waals surface area contributed by atoms with Crippen molar-refractivity contribution in [2.75, 3.05) is 26.2 Å². The van der Waals surface area contributed by atoms with Crippen molar-refractivity contribution in [3.8, 4) is 0 Å². The summed E-state index contributed by atoms with van der Waals surface area (Å²) in [5, 5.41) is 7.91. The first kappa shape index (κ1) is 13.8. The van der Waals surface area contributed by atoms with Crippen molar-refractivity contribution >= 4 is 11.4 Å². The van der Waals surface area contributed by atoms with Crippen molar-refractivity contribution in [3.05, 3.63) is 35.7 Å². The van der Waals surface area contributed by atoms with Crippen LogP contribution in [0.3, 0.4) is 0 Å². The number of piperidine rings is 1. The summed E-state index contributed by atoms with van der Waals surface area (Å²) in [6, 6.07) is 5.97. The van der Waals surface area contributed by atoms with Gasteiger partial charge in [0.1, 0.15) is 0 Å². The molecule has 1 atom stereocenters. The molecule has 4 rings (SSSR count). The van der Waals surface area contributed by atoms with Crippen molar-refractivity contribution in [1.82, 2.24) is 19.8 Å². The molecular weight excluding hydrogens is 276 g/mol. The molecule has 0 aromatic carbocycles. The van der Waals surface area contributed by atoms with Crippen molar-refractivity contribution in [3.63, 3.8) is 0 Å². The molecule has 0 unspecified atom stereocenters. The lowest BCUT2D eigenvalue weighted by molar-refractivity contribution is 0.0547. The Hall–Kier alpha value is -1.88. The Morgan fingerprint density at radius 1 is 1.36 bits per heavy atom. The number of likely N-dealkylation sites (tertiary alicyclic amines) is 1. The van der Waals surface area contributed by atoms with Crippen LogP contribution in [0.25, 0.3) is 5.52 Å². The number of nitrogens with zero attached hydrogens (tertiary/aromatic N) is 3. The fourth-order valence-electron chi connectivity index (χ4n) is 3.90. The highest BCUT2D eigenvalue weighted by Gasteiger charge is 2.39. The molecule has 0 radical (unpaired) electrons. The third-order valence-corrected chi connectivity index (χ3v) is 5.12. The largest absolute Gasteiger partial charge is 0.337 e. The lowest BCUT2D eigenvalue weighted by Gasteiger charge is -2.39. The highest BCUT2D eigenvalue weighted by Crippen LogP contribution is 2.35. The fraction of sp³-hybridized carbons (Fsp3) is 0.529. The molecule has 4 heterocycles. The second-order valence-corrected chi connectivity index (χ2v) is 6.86. The van der Waals surface area contributed by atoms with Gasteiger partial charge in [-0.1, -0.05) is 0 Å². The Morgan fingerprint density at radius 3 is 3.09 bits per heavy atom. The monoisotopic (exact) mass is 298 g/mol. The van der Waals surface area contributed by atoms with Gasteiger partial charge in [-0.05, 0) is 56.5 Å². The maximum Gasteiger partial charge on any atom is 0.274 e. The third kappa shape index (κ3) is 2.29. The molecule has 5 nitrogen and oxygen atoms in total.